The Labute approximate surface area is 52.2 Å². The summed E-state index contributed by atoms with van der Waals surface area (Å²) in [5.74, 6) is 0.389. The monoisotopic (exact) mass is 164 g/mol. The fraction of sp³-hybridized carbons (Fsp3) is 0.600. The molecule has 0 saturated heterocycles. The standard InChI is InChI=1S/C5H9BrO/c1-3-5(7)4(2)6/h3-4,7H,1-2H3/b5-3+. The number of allylic oxidation sites excluding steroid dienone is 2. The zero-order valence-corrected chi connectivity index (χ0v) is 6.07. The first kappa shape index (κ1) is 7.02. The van der Waals surface area contributed by atoms with E-state index < -0.39 is 0 Å². The van der Waals surface area contributed by atoms with Crippen LogP contribution in [0, 0.1) is 0 Å². The first-order chi connectivity index (χ1) is 3.18. The predicted octanol–water partition coefficient (Wildman–Crippen LogP) is 2.23. The first-order valence-electron chi connectivity index (χ1n) is 2.17. The molecule has 42 valence electrons. The summed E-state index contributed by atoms with van der Waals surface area (Å²) in [4.78, 5) is 0.0949. The van der Waals surface area contributed by atoms with Gasteiger partial charge >= 0.3 is 0 Å². The number of hydrogen-bond donors (Lipinski definition) is 1. The summed E-state index contributed by atoms with van der Waals surface area (Å²) in [6.45, 7) is 3.67. The van der Waals surface area contributed by atoms with Crippen LogP contribution < -0.4 is 0 Å². The maximum atomic E-state index is 8.75. The number of hydrogen-bond acceptors (Lipinski definition) is 1. The third-order valence-electron chi connectivity index (χ3n) is 0.703. The van der Waals surface area contributed by atoms with Crippen LogP contribution in [-0.4, -0.2) is 9.93 Å². The van der Waals surface area contributed by atoms with Crippen molar-refractivity contribution in [1.82, 2.24) is 0 Å². The Morgan fingerprint density at radius 1 is 1.86 bits per heavy atom. The smallest absolute Gasteiger partial charge is 0.101 e. The molecule has 0 rings (SSSR count). The van der Waals surface area contributed by atoms with E-state index in [9.17, 15) is 0 Å². The van der Waals surface area contributed by atoms with Crippen molar-refractivity contribution in [2.75, 3.05) is 0 Å². The van der Waals surface area contributed by atoms with Crippen LogP contribution in [0.15, 0.2) is 11.8 Å². The summed E-state index contributed by atoms with van der Waals surface area (Å²) in [5.41, 5.74) is 0. The van der Waals surface area contributed by atoms with Gasteiger partial charge in [0.1, 0.15) is 5.76 Å². The maximum Gasteiger partial charge on any atom is 0.101 e. The average Bonchev–Trinajstić information content (AvgIpc) is 1.65. The molecule has 0 heterocycles. The molecule has 0 fully saturated rings. The van der Waals surface area contributed by atoms with E-state index in [4.69, 9.17) is 5.11 Å². The van der Waals surface area contributed by atoms with Gasteiger partial charge in [-0.1, -0.05) is 15.9 Å². The zero-order chi connectivity index (χ0) is 5.86. The highest BCUT2D eigenvalue weighted by Gasteiger charge is 1.96. The van der Waals surface area contributed by atoms with Crippen molar-refractivity contribution in [1.29, 1.82) is 0 Å². The van der Waals surface area contributed by atoms with Crippen LogP contribution in [0.3, 0.4) is 0 Å². The van der Waals surface area contributed by atoms with Gasteiger partial charge in [0.2, 0.25) is 0 Å². The highest BCUT2D eigenvalue weighted by Crippen LogP contribution is 2.06. The topological polar surface area (TPSA) is 20.2 Å². The van der Waals surface area contributed by atoms with Gasteiger partial charge in [-0.05, 0) is 19.9 Å². The molecule has 1 unspecified atom stereocenters. The van der Waals surface area contributed by atoms with Crippen molar-refractivity contribution in [3.05, 3.63) is 11.8 Å². The van der Waals surface area contributed by atoms with Crippen LogP contribution in [0.25, 0.3) is 0 Å². The lowest BCUT2D eigenvalue weighted by molar-refractivity contribution is 0.399. The van der Waals surface area contributed by atoms with E-state index in [1.165, 1.54) is 0 Å². The summed E-state index contributed by atoms with van der Waals surface area (Å²) in [6, 6.07) is 0. The summed E-state index contributed by atoms with van der Waals surface area (Å²) < 4.78 is 0. The molecule has 0 aliphatic rings. The van der Waals surface area contributed by atoms with Crippen molar-refractivity contribution in [3.63, 3.8) is 0 Å². The van der Waals surface area contributed by atoms with Gasteiger partial charge in [-0.15, -0.1) is 0 Å². The molecule has 0 aromatic heterocycles. The van der Waals surface area contributed by atoms with Crippen LogP contribution in [0.2, 0.25) is 0 Å². The van der Waals surface area contributed by atoms with Gasteiger partial charge in [0.15, 0.2) is 0 Å². The first-order valence-corrected chi connectivity index (χ1v) is 3.09. The van der Waals surface area contributed by atoms with E-state index in [0.29, 0.717) is 5.76 Å². The number of aliphatic hydroxyl groups is 1. The summed E-state index contributed by atoms with van der Waals surface area (Å²) in [6.07, 6.45) is 1.67. The number of halogens is 1. The molecule has 1 nitrogen and oxygen atoms in total. The molecule has 0 spiro atoms. The SMILES string of the molecule is C/C=C(/O)C(C)Br. The Morgan fingerprint density at radius 3 is 2.29 bits per heavy atom. The lowest BCUT2D eigenvalue weighted by atomic mass is 10.4. The normalized spacial score (nSPS) is 16.7. The summed E-state index contributed by atoms with van der Waals surface area (Å²) in [5, 5.41) is 8.75. The highest BCUT2D eigenvalue weighted by molar-refractivity contribution is 9.09. The predicted molar refractivity (Wildman–Crippen MR) is 34.8 cm³/mol. The second-order valence-electron chi connectivity index (χ2n) is 1.33. The van der Waals surface area contributed by atoms with Crippen molar-refractivity contribution >= 4 is 15.9 Å². The van der Waals surface area contributed by atoms with Crippen molar-refractivity contribution in [3.8, 4) is 0 Å². The van der Waals surface area contributed by atoms with Gasteiger partial charge in [0, 0.05) is 0 Å². The lowest BCUT2D eigenvalue weighted by Gasteiger charge is -1.96. The van der Waals surface area contributed by atoms with Crippen LogP contribution in [-0.2, 0) is 0 Å². The Bertz CT molecular complexity index is 76.1. The molecule has 0 aromatic carbocycles. The van der Waals surface area contributed by atoms with Crippen LogP contribution >= 0.6 is 15.9 Å². The molecule has 1 N–H and O–H groups in total. The third-order valence-corrected chi connectivity index (χ3v) is 1.17. The van der Waals surface area contributed by atoms with E-state index in [1.54, 1.807) is 13.0 Å². The number of aliphatic hydroxyl groups excluding tert-OH is 1. The average molecular weight is 165 g/mol. The van der Waals surface area contributed by atoms with Crippen molar-refractivity contribution < 1.29 is 5.11 Å². The molecule has 0 aromatic rings. The van der Waals surface area contributed by atoms with Crippen LogP contribution in [0.5, 0.6) is 0 Å². The Hall–Kier alpha value is 0.0200. The second kappa shape index (κ2) is 3.08. The molecule has 0 aliphatic heterocycles. The molecule has 0 amide bonds. The fourth-order valence-corrected chi connectivity index (χ4v) is 0.494. The molecule has 0 aliphatic carbocycles. The largest absolute Gasteiger partial charge is 0.511 e. The Balaban J connectivity index is 3.56. The van der Waals surface area contributed by atoms with E-state index in [-0.39, 0.29) is 4.83 Å². The van der Waals surface area contributed by atoms with Gasteiger partial charge in [0.25, 0.3) is 0 Å². The Morgan fingerprint density at radius 2 is 2.29 bits per heavy atom. The van der Waals surface area contributed by atoms with E-state index >= 15 is 0 Å². The zero-order valence-electron chi connectivity index (χ0n) is 4.48. The second-order valence-corrected chi connectivity index (χ2v) is 2.70. The molecular weight excluding hydrogens is 156 g/mol. The highest BCUT2D eigenvalue weighted by atomic mass is 79.9. The van der Waals surface area contributed by atoms with Gasteiger partial charge in [-0.25, -0.2) is 0 Å². The van der Waals surface area contributed by atoms with Gasteiger partial charge in [-0.3, -0.25) is 0 Å². The quantitative estimate of drug-likeness (QED) is 0.466. The third kappa shape index (κ3) is 2.68. The van der Waals surface area contributed by atoms with E-state index in [1.807, 2.05) is 6.92 Å². The summed E-state index contributed by atoms with van der Waals surface area (Å²) >= 11 is 3.18. The molecule has 1 atom stereocenters. The minimum absolute atomic E-state index is 0.0949. The molecule has 0 bridgehead atoms. The lowest BCUT2D eigenvalue weighted by Crippen LogP contribution is -1.92. The van der Waals surface area contributed by atoms with Gasteiger partial charge in [-0.2, -0.15) is 0 Å². The van der Waals surface area contributed by atoms with Crippen molar-refractivity contribution in [2.45, 2.75) is 18.7 Å². The molecule has 7 heavy (non-hydrogen) atoms. The van der Waals surface area contributed by atoms with Gasteiger partial charge < -0.3 is 5.11 Å². The fourth-order valence-electron chi connectivity index (χ4n) is 0.230. The Kier molecular flexibility index (Phi) is 3.09. The number of alkyl halides is 1. The molecular formula is C5H9BrO. The maximum absolute atomic E-state index is 8.75. The van der Waals surface area contributed by atoms with Gasteiger partial charge in [0.05, 0.1) is 4.83 Å². The van der Waals surface area contributed by atoms with Crippen LogP contribution in [0.1, 0.15) is 13.8 Å². The minimum Gasteiger partial charge on any atom is -0.511 e. The van der Waals surface area contributed by atoms with Crippen molar-refractivity contribution in [2.24, 2.45) is 0 Å². The van der Waals surface area contributed by atoms with E-state index in [2.05, 4.69) is 15.9 Å². The van der Waals surface area contributed by atoms with Crippen LogP contribution in [0.4, 0.5) is 0 Å². The molecule has 0 saturated carbocycles. The minimum atomic E-state index is 0.0949. The molecule has 2 heteroatoms. The van der Waals surface area contributed by atoms with E-state index in [0.717, 1.165) is 0 Å². The summed E-state index contributed by atoms with van der Waals surface area (Å²) in [7, 11) is 0. The molecule has 0 radical (unpaired) electrons. The number of rotatable bonds is 1.